The summed E-state index contributed by atoms with van der Waals surface area (Å²) in [6, 6.07) is 12.7. The van der Waals surface area contributed by atoms with Crippen molar-refractivity contribution in [2.75, 3.05) is 37.9 Å². The highest BCUT2D eigenvalue weighted by atomic mass is 32.2. The standard InChI is InChI=1S/C25H35N3O6S/c1-18(2)15-26-25(30)19(3)27(16-20-8-7-9-23(14-20)34-5)24(29)17-28(35(6,31)32)21-10-12-22(33-4)13-11-21/h7-14,18-19H,15-17H2,1-6H3,(H,26,30)/t19-/m1/s1. The topological polar surface area (TPSA) is 105 Å². The number of rotatable bonds is 12. The molecule has 0 bridgehead atoms. The zero-order chi connectivity index (χ0) is 26.2. The van der Waals surface area contributed by atoms with E-state index in [1.165, 1.54) is 12.0 Å². The molecule has 0 aliphatic carbocycles. The van der Waals surface area contributed by atoms with Gasteiger partial charge in [0, 0.05) is 13.1 Å². The lowest BCUT2D eigenvalue weighted by molar-refractivity contribution is -0.139. The van der Waals surface area contributed by atoms with Gasteiger partial charge < -0.3 is 19.7 Å². The number of methoxy groups -OCH3 is 2. The highest BCUT2D eigenvalue weighted by Gasteiger charge is 2.30. The van der Waals surface area contributed by atoms with E-state index in [2.05, 4.69) is 5.32 Å². The van der Waals surface area contributed by atoms with E-state index >= 15 is 0 Å². The van der Waals surface area contributed by atoms with Gasteiger partial charge in [-0.05, 0) is 54.8 Å². The minimum absolute atomic E-state index is 0.104. The van der Waals surface area contributed by atoms with E-state index in [4.69, 9.17) is 9.47 Å². The monoisotopic (exact) mass is 505 g/mol. The lowest BCUT2D eigenvalue weighted by Gasteiger charge is -2.31. The van der Waals surface area contributed by atoms with Gasteiger partial charge in [-0.2, -0.15) is 0 Å². The summed E-state index contributed by atoms with van der Waals surface area (Å²) in [5.41, 5.74) is 1.07. The van der Waals surface area contributed by atoms with Crippen molar-refractivity contribution in [3.05, 3.63) is 54.1 Å². The summed E-state index contributed by atoms with van der Waals surface area (Å²) in [6.45, 7) is 5.69. The predicted molar refractivity (Wildman–Crippen MR) is 136 cm³/mol. The van der Waals surface area contributed by atoms with Crippen LogP contribution in [0.25, 0.3) is 0 Å². The summed E-state index contributed by atoms with van der Waals surface area (Å²) in [5.74, 6) is 0.586. The molecule has 0 aromatic heterocycles. The molecule has 10 heteroatoms. The van der Waals surface area contributed by atoms with E-state index in [1.54, 1.807) is 56.5 Å². The van der Waals surface area contributed by atoms with E-state index in [9.17, 15) is 18.0 Å². The Morgan fingerprint density at radius 3 is 2.14 bits per heavy atom. The van der Waals surface area contributed by atoms with E-state index in [0.717, 1.165) is 16.1 Å². The third-order valence-electron chi connectivity index (χ3n) is 5.38. The number of nitrogens with zero attached hydrogens (tertiary/aromatic N) is 2. The Bertz CT molecular complexity index is 1100. The molecule has 0 spiro atoms. The van der Waals surface area contributed by atoms with E-state index < -0.39 is 28.5 Å². The van der Waals surface area contributed by atoms with Crippen LogP contribution in [0.1, 0.15) is 26.3 Å². The van der Waals surface area contributed by atoms with Crippen LogP contribution in [0.4, 0.5) is 5.69 Å². The fourth-order valence-corrected chi connectivity index (χ4v) is 4.21. The second kappa shape index (κ2) is 12.4. The summed E-state index contributed by atoms with van der Waals surface area (Å²) < 4.78 is 36.6. The Morgan fingerprint density at radius 2 is 1.60 bits per heavy atom. The molecule has 0 aliphatic rings. The first-order valence-corrected chi connectivity index (χ1v) is 13.1. The number of amides is 2. The van der Waals surface area contributed by atoms with Crippen molar-refractivity contribution < 1.29 is 27.5 Å². The molecular formula is C25H35N3O6S. The summed E-state index contributed by atoms with van der Waals surface area (Å²) in [6.07, 6.45) is 1.04. The van der Waals surface area contributed by atoms with Crippen molar-refractivity contribution in [1.29, 1.82) is 0 Å². The van der Waals surface area contributed by atoms with Crippen molar-refractivity contribution in [3.63, 3.8) is 0 Å². The molecule has 0 saturated heterocycles. The van der Waals surface area contributed by atoms with Gasteiger partial charge in [0.2, 0.25) is 21.8 Å². The number of anilines is 1. The lowest BCUT2D eigenvalue weighted by atomic mass is 10.1. The molecule has 1 N–H and O–H groups in total. The van der Waals surface area contributed by atoms with Gasteiger partial charge in [0.05, 0.1) is 26.2 Å². The number of carbonyl (C=O) groups excluding carboxylic acids is 2. The zero-order valence-corrected chi connectivity index (χ0v) is 22.0. The Balaban J connectivity index is 2.37. The van der Waals surface area contributed by atoms with Crippen molar-refractivity contribution in [2.45, 2.75) is 33.4 Å². The third kappa shape index (κ3) is 8.17. The highest BCUT2D eigenvalue weighted by molar-refractivity contribution is 7.92. The summed E-state index contributed by atoms with van der Waals surface area (Å²) >= 11 is 0. The number of nitrogens with one attached hydrogen (secondary N) is 1. The van der Waals surface area contributed by atoms with Crippen molar-refractivity contribution >= 4 is 27.5 Å². The smallest absolute Gasteiger partial charge is 0.244 e. The Morgan fingerprint density at radius 1 is 0.971 bits per heavy atom. The van der Waals surface area contributed by atoms with Crippen LogP contribution in [0.2, 0.25) is 0 Å². The molecule has 0 saturated carbocycles. The maximum Gasteiger partial charge on any atom is 0.244 e. The Hall–Kier alpha value is -3.27. The van der Waals surface area contributed by atoms with Gasteiger partial charge in [0.15, 0.2) is 0 Å². The number of hydrogen-bond acceptors (Lipinski definition) is 6. The molecule has 0 unspecified atom stereocenters. The average molecular weight is 506 g/mol. The lowest BCUT2D eigenvalue weighted by Crippen LogP contribution is -2.51. The molecule has 9 nitrogen and oxygen atoms in total. The van der Waals surface area contributed by atoms with Crippen LogP contribution >= 0.6 is 0 Å². The fourth-order valence-electron chi connectivity index (χ4n) is 3.36. The van der Waals surface area contributed by atoms with Gasteiger partial charge >= 0.3 is 0 Å². The summed E-state index contributed by atoms with van der Waals surface area (Å²) in [4.78, 5) is 27.8. The predicted octanol–water partition coefficient (Wildman–Crippen LogP) is 2.66. The summed E-state index contributed by atoms with van der Waals surface area (Å²) in [5, 5.41) is 2.85. The van der Waals surface area contributed by atoms with Crippen LogP contribution in [0.15, 0.2) is 48.5 Å². The van der Waals surface area contributed by atoms with Crippen molar-refractivity contribution in [2.24, 2.45) is 5.92 Å². The molecule has 192 valence electrons. The Kier molecular flexibility index (Phi) is 9.94. The highest BCUT2D eigenvalue weighted by Crippen LogP contribution is 2.23. The molecule has 1 atom stereocenters. The maximum absolute atomic E-state index is 13.5. The zero-order valence-electron chi connectivity index (χ0n) is 21.1. The van der Waals surface area contributed by atoms with Crippen molar-refractivity contribution in [3.8, 4) is 11.5 Å². The molecule has 2 amide bonds. The van der Waals surface area contributed by atoms with Crippen LogP contribution in [-0.4, -0.2) is 64.7 Å². The van der Waals surface area contributed by atoms with Crippen LogP contribution in [0.3, 0.4) is 0 Å². The summed E-state index contributed by atoms with van der Waals surface area (Å²) in [7, 11) is -0.739. The minimum atomic E-state index is -3.79. The number of carbonyl (C=O) groups is 2. The third-order valence-corrected chi connectivity index (χ3v) is 6.52. The second-order valence-electron chi connectivity index (χ2n) is 8.66. The number of sulfonamides is 1. The second-order valence-corrected chi connectivity index (χ2v) is 10.6. The van der Waals surface area contributed by atoms with Gasteiger partial charge in [-0.3, -0.25) is 13.9 Å². The maximum atomic E-state index is 13.5. The van der Waals surface area contributed by atoms with E-state index in [0.29, 0.717) is 23.7 Å². The number of ether oxygens (including phenoxy) is 2. The molecule has 2 aromatic carbocycles. The van der Waals surface area contributed by atoms with Gasteiger partial charge in [0.25, 0.3) is 0 Å². The molecule has 2 rings (SSSR count). The Labute approximate surface area is 208 Å². The average Bonchev–Trinajstić information content (AvgIpc) is 2.83. The SMILES string of the molecule is COc1ccc(N(CC(=O)N(Cc2cccc(OC)c2)[C@H](C)C(=O)NCC(C)C)S(C)(=O)=O)cc1. The number of benzene rings is 2. The number of hydrogen-bond donors (Lipinski definition) is 1. The molecule has 0 heterocycles. The van der Waals surface area contributed by atoms with Crippen LogP contribution in [0.5, 0.6) is 11.5 Å². The first-order valence-electron chi connectivity index (χ1n) is 11.3. The molecule has 0 radical (unpaired) electrons. The minimum Gasteiger partial charge on any atom is -0.497 e. The van der Waals surface area contributed by atoms with Crippen molar-refractivity contribution in [1.82, 2.24) is 10.2 Å². The molecular weight excluding hydrogens is 470 g/mol. The van der Waals surface area contributed by atoms with Gasteiger partial charge in [-0.15, -0.1) is 0 Å². The van der Waals surface area contributed by atoms with Gasteiger partial charge in [0.1, 0.15) is 24.1 Å². The largest absolute Gasteiger partial charge is 0.497 e. The molecule has 0 aliphatic heterocycles. The first-order chi connectivity index (χ1) is 16.5. The molecule has 35 heavy (non-hydrogen) atoms. The molecule has 2 aromatic rings. The van der Waals surface area contributed by atoms with Gasteiger partial charge in [-0.1, -0.05) is 26.0 Å². The normalized spacial score (nSPS) is 12.1. The first kappa shape index (κ1) is 28.0. The van der Waals surface area contributed by atoms with Crippen LogP contribution < -0.4 is 19.1 Å². The molecule has 0 fully saturated rings. The van der Waals surface area contributed by atoms with Gasteiger partial charge in [-0.25, -0.2) is 8.42 Å². The van der Waals surface area contributed by atoms with E-state index in [1.807, 2.05) is 19.9 Å². The van der Waals surface area contributed by atoms with Crippen LogP contribution in [-0.2, 0) is 26.2 Å². The van der Waals surface area contributed by atoms with E-state index in [-0.39, 0.29) is 18.4 Å². The van der Waals surface area contributed by atoms with Crippen LogP contribution in [0, 0.1) is 5.92 Å². The fraction of sp³-hybridized carbons (Fsp3) is 0.440. The quantitative estimate of drug-likeness (QED) is 0.476.